The first-order valence-corrected chi connectivity index (χ1v) is 8.64. The van der Waals surface area contributed by atoms with Gasteiger partial charge in [-0.2, -0.15) is 11.8 Å². The quantitative estimate of drug-likeness (QED) is 0.902. The van der Waals surface area contributed by atoms with E-state index in [0.717, 1.165) is 27.8 Å². The first kappa shape index (κ1) is 15.9. The van der Waals surface area contributed by atoms with Crippen molar-refractivity contribution >= 4 is 34.6 Å². The third-order valence-electron chi connectivity index (χ3n) is 4.47. The molecule has 1 atom stereocenters. The Bertz CT molecular complexity index is 803. The van der Waals surface area contributed by atoms with E-state index in [-0.39, 0.29) is 5.76 Å². The van der Waals surface area contributed by atoms with Crippen LogP contribution in [0.3, 0.4) is 0 Å². The standard InChI is InChI=1S/C17H19NO4S/c1-9-4-5-10(2)13-12(9)11(3)14(22-13)15(19)18-17(16(20)21)6-7-23-8-17/h4-5H,6-8H2,1-3H3,(H,18,19)(H,20,21). The molecule has 6 heteroatoms. The molecular weight excluding hydrogens is 314 g/mol. The van der Waals surface area contributed by atoms with Crippen LogP contribution in [0.25, 0.3) is 11.0 Å². The minimum absolute atomic E-state index is 0.204. The average Bonchev–Trinajstić information content (AvgIpc) is 3.09. The van der Waals surface area contributed by atoms with Crippen LogP contribution in [0.5, 0.6) is 0 Å². The van der Waals surface area contributed by atoms with Crippen LogP contribution in [0, 0.1) is 20.8 Å². The minimum atomic E-state index is -1.20. The molecule has 1 saturated heterocycles. The molecular formula is C17H19NO4S. The Morgan fingerprint density at radius 1 is 1.26 bits per heavy atom. The summed E-state index contributed by atoms with van der Waals surface area (Å²) in [6.45, 7) is 5.74. The molecule has 3 rings (SSSR count). The Morgan fingerprint density at radius 2 is 1.96 bits per heavy atom. The lowest BCUT2D eigenvalue weighted by atomic mass is 9.98. The van der Waals surface area contributed by atoms with E-state index >= 15 is 0 Å². The highest BCUT2D eigenvalue weighted by Crippen LogP contribution is 2.32. The van der Waals surface area contributed by atoms with Gasteiger partial charge in [0.25, 0.3) is 5.91 Å². The molecule has 0 saturated carbocycles. The van der Waals surface area contributed by atoms with Crippen LogP contribution in [-0.2, 0) is 4.79 Å². The van der Waals surface area contributed by atoms with Gasteiger partial charge in [0.05, 0.1) is 0 Å². The van der Waals surface area contributed by atoms with Crippen LogP contribution in [0.4, 0.5) is 0 Å². The highest BCUT2D eigenvalue weighted by molar-refractivity contribution is 7.99. The molecule has 1 unspecified atom stereocenters. The maximum absolute atomic E-state index is 12.6. The van der Waals surface area contributed by atoms with E-state index in [1.54, 1.807) is 0 Å². The number of thioether (sulfide) groups is 1. The fourth-order valence-corrected chi connectivity index (χ4v) is 4.38. The van der Waals surface area contributed by atoms with Crippen LogP contribution in [-0.4, -0.2) is 34.0 Å². The number of amides is 1. The molecule has 122 valence electrons. The smallest absolute Gasteiger partial charge is 0.330 e. The Morgan fingerprint density at radius 3 is 2.52 bits per heavy atom. The van der Waals surface area contributed by atoms with Gasteiger partial charge in [-0.25, -0.2) is 4.79 Å². The third-order valence-corrected chi connectivity index (χ3v) is 5.66. The zero-order chi connectivity index (χ0) is 16.8. The molecule has 2 N–H and O–H groups in total. The van der Waals surface area contributed by atoms with E-state index in [1.165, 1.54) is 11.8 Å². The second-order valence-corrected chi connectivity index (χ2v) is 7.21. The Kier molecular flexibility index (Phi) is 3.88. The number of carbonyl (C=O) groups excluding carboxylic acids is 1. The highest BCUT2D eigenvalue weighted by atomic mass is 32.2. The number of rotatable bonds is 3. The number of carboxylic acids is 1. The number of hydrogen-bond donors (Lipinski definition) is 2. The zero-order valence-corrected chi connectivity index (χ0v) is 14.2. The lowest BCUT2D eigenvalue weighted by Gasteiger charge is -2.24. The summed E-state index contributed by atoms with van der Waals surface area (Å²) in [5.74, 6) is -0.135. The van der Waals surface area contributed by atoms with Gasteiger partial charge in [-0.15, -0.1) is 0 Å². The summed E-state index contributed by atoms with van der Waals surface area (Å²) in [5, 5.41) is 13.1. The third kappa shape index (κ3) is 2.51. The van der Waals surface area contributed by atoms with Gasteiger partial charge in [-0.05, 0) is 44.1 Å². The van der Waals surface area contributed by atoms with Gasteiger partial charge in [0.15, 0.2) is 5.76 Å². The first-order valence-electron chi connectivity index (χ1n) is 7.49. The van der Waals surface area contributed by atoms with Crippen LogP contribution in [0.15, 0.2) is 16.5 Å². The van der Waals surface area contributed by atoms with Gasteiger partial charge in [0.2, 0.25) is 0 Å². The first-order chi connectivity index (χ1) is 10.9. The number of hydrogen-bond acceptors (Lipinski definition) is 4. The second kappa shape index (κ2) is 5.60. The fourth-order valence-electron chi connectivity index (χ4n) is 3.05. The molecule has 1 aromatic heterocycles. The number of aliphatic carboxylic acids is 1. The normalized spacial score (nSPS) is 20.8. The van der Waals surface area contributed by atoms with Gasteiger partial charge in [0.1, 0.15) is 11.1 Å². The van der Waals surface area contributed by atoms with Crippen molar-refractivity contribution < 1.29 is 19.1 Å². The van der Waals surface area contributed by atoms with Crippen molar-refractivity contribution in [2.24, 2.45) is 0 Å². The number of carboxylic acid groups (broad SMARTS) is 1. The van der Waals surface area contributed by atoms with E-state index in [4.69, 9.17) is 4.42 Å². The number of aryl methyl sites for hydroxylation is 3. The monoisotopic (exact) mass is 333 g/mol. The largest absolute Gasteiger partial charge is 0.479 e. The molecule has 23 heavy (non-hydrogen) atoms. The Hall–Kier alpha value is -1.95. The molecule has 0 spiro atoms. The molecule has 1 amide bonds. The molecule has 0 radical (unpaired) electrons. The SMILES string of the molecule is Cc1ccc(C)c2c(C)c(C(=O)NC3(C(=O)O)CCSC3)oc12. The number of benzene rings is 1. The van der Waals surface area contributed by atoms with E-state index < -0.39 is 17.4 Å². The molecule has 2 aromatic rings. The minimum Gasteiger partial charge on any atom is -0.479 e. The molecule has 1 fully saturated rings. The molecule has 0 aliphatic carbocycles. The number of fused-ring (bicyclic) bond motifs is 1. The van der Waals surface area contributed by atoms with Gasteiger partial charge in [-0.3, -0.25) is 4.79 Å². The highest BCUT2D eigenvalue weighted by Gasteiger charge is 2.44. The van der Waals surface area contributed by atoms with Gasteiger partial charge in [0, 0.05) is 16.7 Å². The predicted molar refractivity (Wildman–Crippen MR) is 90.2 cm³/mol. The summed E-state index contributed by atoms with van der Waals surface area (Å²) in [5.41, 5.74) is 2.24. The maximum atomic E-state index is 12.6. The molecule has 0 bridgehead atoms. The van der Waals surface area contributed by atoms with E-state index in [1.807, 2.05) is 32.9 Å². The molecule has 1 aliphatic heterocycles. The predicted octanol–water partition coefficient (Wildman–Crippen LogP) is 3.05. The number of carbonyl (C=O) groups is 2. The Labute approximate surface area is 138 Å². The number of nitrogens with one attached hydrogen (secondary N) is 1. The van der Waals surface area contributed by atoms with Gasteiger partial charge < -0.3 is 14.8 Å². The van der Waals surface area contributed by atoms with Crippen molar-refractivity contribution in [2.75, 3.05) is 11.5 Å². The van der Waals surface area contributed by atoms with Gasteiger partial charge in [-0.1, -0.05) is 12.1 Å². The summed E-state index contributed by atoms with van der Waals surface area (Å²) in [7, 11) is 0. The van der Waals surface area contributed by atoms with Crippen molar-refractivity contribution in [3.8, 4) is 0 Å². The maximum Gasteiger partial charge on any atom is 0.330 e. The fraction of sp³-hybridized carbons (Fsp3) is 0.412. The molecule has 5 nitrogen and oxygen atoms in total. The average molecular weight is 333 g/mol. The summed E-state index contributed by atoms with van der Waals surface area (Å²) in [4.78, 5) is 24.2. The van der Waals surface area contributed by atoms with Crippen molar-refractivity contribution in [3.63, 3.8) is 0 Å². The van der Waals surface area contributed by atoms with Crippen molar-refractivity contribution in [1.29, 1.82) is 0 Å². The van der Waals surface area contributed by atoms with Crippen LogP contribution in [0.1, 0.15) is 33.7 Å². The van der Waals surface area contributed by atoms with Gasteiger partial charge >= 0.3 is 5.97 Å². The second-order valence-electron chi connectivity index (χ2n) is 6.10. The molecule has 2 heterocycles. The van der Waals surface area contributed by atoms with Crippen molar-refractivity contribution in [1.82, 2.24) is 5.32 Å². The summed E-state index contributed by atoms with van der Waals surface area (Å²) >= 11 is 1.53. The lowest BCUT2D eigenvalue weighted by molar-refractivity contribution is -0.143. The zero-order valence-electron chi connectivity index (χ0n) is 13.4. The van der Waals surface area contributed by atoms with Crippen molar-refractivity contribution in [2.45, 2.75) is 32.7 Å². The molecule has 1 aliphatic rings. The van der Waals surface area contributed by atoms with E-state index in [2.05, 4.69) is 5.32 Å². The number of furan rings is 1. The Balaban J connectivity index is 2.02. The topological polar surface area (TPSA) is 79.5 Å². The van der Waals surface area contributed by atoms with Crippen LogP contribution in [0.2, 0.25) is 0 Å². The van der Waals surface area contributed by atoms with E-state index in [0.29, 0.717) is 17.8 Å². The summed E-state index contributed by atoms with van der Waals surface area (Å²) in [6, 6.07) is 3.95. The lowest BCUT2D eigenvalue weighted by Crippen LogP contribution is -2.54. The molecule has 1 aromatic carbocycles. The van der Waals surface area contributed by atoms with Crippen molar-refractivity contribution in [3.05, 3.63) is 34.6 Å². The van der Waals surface area contributed by atoms with Crippen LogP contribution >= 0.6 is 11.8 Å². The van der Waals surface area contributed by atoms with E-state index in [9.17, 15) is 14.7 Å². The van der Waals surface area contributed by atoms with Crippen LogP contribution < -0.4 is 5.32 Å². The summed E-state index contributed by atoms with van der Waals surface area (Å²) < 4.78 is 5.80. The summed E-state index contributed by atoms with van der Waals surface area (Å²) in [6.07, 6.45) is 0.427.